The van der Waals surface area contributed by atoms with Gasteiger partial charge in [-0.05, 0) is 51.3 Å². The molecule has 3 heterocycles. The highest BCUT2D eigenvalue weighted by Crippen LogP contribution is 2.44. The summed E-state index contributed by atoms with van der Waals surface area (Å²) >= 11 is 0. The van der Waals surface area contributed by atoms with E-state index in [1.807, 2.05) is 12.1 Å². The largest absolute Gasteiger partial charge is 0.493 e. The van der Waals surface area contributed by atoms with Crippen LogP contribution in [0.1, 0.15) is 42.9 Å². The van der Waals surface area contributed by atoms with Crippen LogP contribution in [-0.2, 0) is 20.7 Å². The van der Waals surface area contributed by atoms with Gasteiger partial charge in [0.15, 0.2) is 11.5 Å². The summed E-state index contributed by atoms with van der Waals surface area (Å²) in [5.74, 6) is 2.22. The van der Waals surface area contributed by atoms with Crippen LogP contribution in [-0.4, -0.2) is 69.0 Å². The second kappa shape index (κ2) is 9.50. The van der Waals surface area contributed by atoms with E-state index in [0.717, 1.165) is 53.7 Å². The van der Waals surface area contributed by atoms with Crippen LogP contribution in [0.3, 0.4) is 0 Å². The summed E-state index contributed by atoms with van der Waals surface area (Å²) in [6, 6.07) is 4.18. The maximum Gasteiger partial charge on any atom is 0.293 e. The number of aromatic nitrogens is 1. The molecule has 3 aliphatic rings. The topological polar surface area (TPSA) is 82.2 Å². The molecule has 0 radical (unpaired) electrons. The number of carbonyl (C=O) groups excluding carboxylic acids is 1. The highest BCUT2D eigenvalue weighted by Gasteiger charge is 2.32. The molecule has 2 aliphatic heterocycles. The van der Waals surface area contributed by atoms with Gasteiger partial charge in [-0.3, -0.25) is 4.79 Å². The van der Waals surface area contributed by atoms with Gasteiger partial charge in [-0.2, -0.15) is 0 Å². The fourth-order valence-corrected chi connectivity index (χ4v) is 4.96. The first-order valence-electron chi connectivity index (χ1n) is 11.6. The van der Waals surface area contributed by atoms with Crippen molar-refractivity contribution in [2.45, 2.75) is 44.2 Å². The van der Waals surface area contributed by atoms with Gasteiger partial charge in [0.2, 0.25) is 0 Å². The average molecular weight is 442 g/mol. The van der Waals surface area contributed by atoms with E-state index in [2.05, 4.69) is 10.2 Å². The number of hydrogen-bond acceptors (Lipinski definition) is 8. The summed E-state index contributed by atoms with van der Waals surface area (Å²) < 4.78 is 22.5. The zero-order valence-electron chi connectivity index (χ0n) is 18.6. The molecule has 5 rings (SSSR count). The molecule has 1 aromatic carbocycles. The molecule has 2 saturated heterocycles. The maximum atomic E-state index is 11.1. The lowest BCUT2D eigenvalue weighted by molar-refractivity contribution is -0.133. The fraction of sp³-hybridized carbons (Fsp3) is 0.583. The molecule has 0 saturated carbocycles. The van der Waals surface area contributed by atoms with Gasteiger partial charge in [-0.15, -0.1) is 0 Å². The van der Waals surface area contributed by atoms with E-state index in [4.69, 9.17) is 23.9 Å². The van der Waals surface area contributed by atoms with E-state index in [1.165, 1.54) is 25.9 Å². The fourth-order valence-electron chi connectivity index (χ4n) is 4.96. The van der Waals surface area contributed by atoms with Crippen LogP contribution in [0.4, 0.5) is 5.82 Å². The summed E-state index contributed by atoms with van der Waals surface area (Å²) in [4.78, 5) is 18.5. The number of pyridine rings is 1. The molecule has 0 spiro atoms. The van der Waals surface area contributed by atoms with Crippen LogP contribution in [0.15, 0.2) is 12.1 Å². The van der Waals surface area contributed by atoms with Gasteiger partial charge in [0.1, 0.15) is 11.9 Å². The number of rotatable bonds is 10. The van der Waals surface area contributed by atoms with Gasteiger partial charge in [0, 0.05) is 29.1 Å². The molecule has 1 atom stereocenters. The minimum atomic E-state index is -0.275. The Morgan fingerprint density at radius 1 is 1.25 bits per heavy atom. The molecule has 2 fully saturated rings. The van der Waals surface area contributed by atoms with E-state index >= 15 is 0 Å². The molecule has 172 valence electrons. The number of nitrogens with zero attached hydrogens (tertiary/aromatic N) is 2. The summed E-state index contributed by atoms with van der Waals surface area (Å²) in [5, 5.41) is 4.45. The van der Waals surface area contributed by atoms with Crippen molar-refractivity contribution < 1.29 is 23.7 Å². The lowest BCUT2D eigenvalue weighted by Crippen LogP contribution is -2.40. The van der Waals surface area contributed by atoms with E-state index in [9.17, 15) is 4.79 Å². The number of ether oxygens (including phenoxy) is 4. The second-order valence-electron chi connectivity index (χ2n) is 8.76. The van der Waals surface area contributed by atoms with Crippen molar-refractivity contribution in [3.8, 4) is 11.5 Å². The molecule has 1 aliphatic carbocycles. The lowest BCUT2D eigenvalue weighted by Gasteiger charge is -2.28. The molecule has 1 aromatic heterocycles. The van der Waals surface area contributed by atoms with Crippen LogP contribution in [0, 0.1) is 0 Å². The predicted octanol–water partition coefficient (Wildman–Crippen LogP) is 3.08. The molecule has 32 heavy (non-hydrogen) atoms. The van der Waals surface area contributed by atoms with Crippen molar-refractivity contribution in [2.24, 2.45) is 0 Å². The van der Waals surface area contributed by atoms with Gasteiger partial charge in [0.25, 0.3) is 6.47 Å². The van der Waals surface area contributed by atoms with Crippen LogP contribution in [0.5, 0.6) is 11.5 Å². The lowest BCUT2D eigenvalue weighted by atomic mass is 10.0. The summed E-state index contributed by atoms with van der Waals surface area (Å²) in [7, 11) is 1.65. The molecule has 8 heteroatoms. The first-order chi connectivity index (χ1) is 15.8. The van der Waals surface area contributed by atoms with E-state index in [0.29, 0.717) is 37.8 Å². The molecule has 1 unspecified atom stereocenters. The van der Waals surface area contributed by atoms with Gasteiger partial charge in [-0.1, -0.05) is 0 Å². The molecule has 1 N–H and O–H groups in total. The standard InChI is InChI=1S/C24H31N3O5/c1-29-21-11-18-19(12-22(21)31-10-4-9-27-7-2-3-8-27)26-24(25-16-13-30-14-16)17-5-6-20(23(17)18)32-15-28/h11-12,15-16,20H,2-10,13-14H2,1H3,(H,25,26). The van der Waals surface area contributed by atoms with Gasteiger partial charge in [0.05, 0.1) is 38.5 Å². The summed E-state index contributed by atoms with van der Waals surface area (Å²) in [5.41, 5.74) is 2.93. The number of likely N-dealkylation sites (tertiary alicyclic amines) is 1. The minimum Gasteiger partial charge on any atom is -0.493 e. The Bertz CT molecular complexity index is 972. The third-order valence-corrected chi connectivity index (χ3v) is 6.67. The van der Waals surface area contributed by atoms with Crippen LogP contribution < -0.4 is 14.8 Å². The minimum absolute atomic E-state index is 0.259. The Labute approximate surface area is 188 Å². The quantitative estimate of drug-likeness (QED) is 0.445. The van der Waals surface area contributed by atoms with Crippen LogP contribution in [0.2, 0.25) is 0 Å². The van der Waals surface area contributed by atoms with Crippen molar-refractivity contribution in [1.29, 1.82) is 0 Å². The molecular weight excluding hydrogens is 410 g/mol. The van der Waals surface area contributed by atoms with Gasteiger partial charge < -0.3 is 29.2 Å². The second-order valence-corrected chi connectivity index (χ2v) is 8.76. The first-order valence-corrected chi connectivity index (χ1v) is 11.6. The zero-order chi connectivity index (χ0) is 21.9. The third kappa shape index (κ3) is 4.21. The van der Waals surface area contributed by atoms with Gasteiger partial charge >= 0.3 is 0 Å². The van der Waals surface area contributed by atoms with Crippen molar-refractivity contribution in [3.05, 3.63) is 23.3 Å². The van der Waals surface area contributed by atoms with Crippen molar-refractivity contribution >= 4 is 23.2 Å². The average Bonchev–Trinajstić information content (AvgIpc) is 3.44. The molecule has 2 aromatic rings. The summed E-state index contributed by atoms with van der Waals surface area (Å²) in [6.45, 7) is 5.97. The highest BCUT2D eigenvalue weighted by molar-refractivity contribution is 5.90. The van der Waals surface area contributed by atoms with Crippen LogP contribution >= 0.6 is 0 Å². The molecule has 0 amide bonds. The summed E-state index contributed by atoms with van der Waals surface area (Å²) in [6.07, 6.45) is 4.86. The van der Waals surface area contributed by atoms with Gasteiger partial charge in [-0.25, -0.2) is 4.98 Å². The number of hydrogen-bond donors (Lipinski definition) is 1. The number of carbonyl (C=O) groups is 1. The third-order valence-electron chi connectivity index (χ3n) is 6.67. The Morgan fingerprint density at radius 2 is 2.09 bits per heavy atom. The Balaban J connectivity index is 1.43. The zero-order valence-corrected chi connectivity index (χ0v) is 18.6. The monoisotopic (exact) mass is 441 g/mol. The number of benzene rings is 1. The number of anilines is 1. The maximum absolute atomic E-state index is 11.1. The van der Waals surface area contributed by atoms with Crippen molar-refractivity contribution in [1.82, 2.24) is 9.88 Å². The highest BCUT2D eigenvalue weighted by atomic mass is 16.5. The molecule has 8 nitrogen and oxygen atoms in total. The number of methoxy groups -OCH3 is 1. The Kier molecular flexibility index (Phi) is 6.32. The first kappa shape index (κ1) is 21.3. The Hall–Kier alpha value is -2.58. The van der Waals surface area contributed by atoms with E-state index in [-0.39, 0.29) is 12.1 Å². The molecular formula is C24H31N3O5. The van der Waals surface area contributed by atoms with Crippen molar-refractivity contribution in [3.63, 3.8) is 0 Å². The van der Waals surface area contributed by atoms with Crippen molar-refractivity contribution in [2.75, 3.05) is 51.9 Å². The normalized spacial score (nSPS) is 20.7. The number of nitrogens with one attached hydrogen (secondary N) is 1. The van der Waals surface area contributed by atoms with E-state index < -0.39 is 0 Å². The number of fused-ring (bicyclic) bond motifs is 3. The predicted molar refractivity (Wildman–Crippen MR) is 121 cm³/mol. The molecule has 0 bridgehead atoms. The van der Waals surface area contributed by atoms with E-state index in [1.54, 1.807) is 7.11 Å². The van der Waals surface area contributed by atoms with Crippen LogP contribution in [0.25, 0.3) is 10.9 Å². The smallest absolute Gasteiger partial charge is 0.293 e. The SMILES string of the molecule is COc1cc2c3c(c(NC4COC4)nc2cc1OCCCN1CCCC1)CCC3OC=O. The Morgan fingerprint density at radius 3 is 2.81 bits per heavy atom.